The van der Waals surface area contributed by atoms with Gasteiger partial charge in [0.25, 0.3) is 0 Å². The van der Waals surface area contributed by atoms with Gasteiger partial charge in [-0.05, 0) is 18.8 Å². The first kappa shape index (κ1) is 13.9. The first-order valence-electron chi connectivity index (χ1n) is 5.65. The molecule has 2 amide bonds. The summed E-state index contributed by atoms with van der Waals surface area (Å²) < 4.78 is 0. The third kappa shape index (κ3) is 7.97. The lowest BCUT2D eigenvalue weighted by Gasteiger charge is -2.01. The molecular weight excluding hydrogens is 192 g/mol. The standard InChI is InChI=1S/C7H13NO.C4H9NO/c1-2-3-6-4-7(9)8-5-6;1-2-3-4(5)6/h6H,2-5H2,1H3,(H,8,9);2-3H2,1H3,(H2,5,6)/t6-;/m1./s1. The van der Waals surface area contributed by atoms with Crippen molar-refractivity contribution in [3.05, 3.63) is 0 Å². The van der Waals surface area contributed by atoms with E-state index in [0.29, 0.717) is 12.3 Å². The molecule has 0 saturated carbocycles. The van der Waals surface area contributed by atoms with Gasteiger partial charge in [-0.25, -0.2) is 0 Å². The molecular formula is C11H22N2O2. The smallest absolute Gasteiger partial charge is 0.220 e. The molecule has 3 N–H and O–H groups in total. The van der Waals surface area contributed by atoms with Gasteiger partial charge in [0, 0.05) is 19.4 Å². The van der Waals surface area contributed by atoms with Gasteiger partial charge in [-0.15, -0.1) is 0 Å². The van der Waals surface area contributed by atoms with Crippen molar-refractivity contribution >= 4 is 11.8 Å². The Balaban J connectivity index is 0.000000288. The van der Waals surface area contributed by atoms with E-state index in [2.05, 4.69) is 12.2 Å². The van der Waals surface area contributed by atoms with Crippen LogP contribution in [0, 0.1) is 5.92 Å². The van der Waals surface area contributed by atoms with E-state index in [4.69, 9.17) is 5.73 Å². The molecule has 0 unspecified atom stereocenters. The summed E-state index contributed by atoms with van der Waals surface area (Å²) >= 11 is 0. The molecule has 1 fully saturated rings. The summed E-state index contributed by atoms with van der Waals surface area (Å²) in [5, 5.41) is 2.82. The highest BCUT2D eigenvalue weighted by atomic mass is 16.2. The molecule has 88 valence electrons. The summed E-state index contributed by atoms with van der Waals surface area (Å²) in [6.07, 6.45) is 4.52. The molecule has 0 aromatic rings. The van der Waals surface area contributed by atoms with Crippen molar-refractivity contribution in [3.63, 3.8) is 0 Å². The van der Waals surface area contributed by atoms with Crippen LogP contribution in [0.3, 0.4) is 0 Å². The summed E-state index contributed by atoms with van der Waals surface area (Å²) in [5.41, 5.74) is 4.76. The van der Waals surface area contributed by atoms with E-state index < -0.39 is 0 Å². The fraction of sp³-hybridized carbons (Fsp3) is 0.818. The fourth-order valence-corrected chi connectivity index (χ4v) is 1.52. The Morgan fingerprint density at radius 3 is 2.40 bits per heavy atom. The number of rotatable bonds is 4. The predicted octanol–water partition coefficient (Wildman–Crippen LogP) is 1.19. The molecule has 1 saturated heterocycles. The van der Waals surface area contributed by atoms with E-state index in [1.165, 1.54) is 12.8 Å². The average molecular weight is 214 g/mol. The maximum atomic E-state index is 10.6. The minimum Gasteiger partial charge on any atom is -0.370 e. The summed E-state index contributed by atoms with van der Waals surface area (Å²) in [6.45, 7) is 4.99. The monoisotopic (exact) mass is 214 g/mol. The summed E-state index contributed by atoms with van der Waals surface area (Å²) in [4.78, 5) is 20.4. The number of carbonyl (C=O) groups excluding carboxylic acids is 2. The predicted molar refractivity (Wildman–Crippen MR) is 60.1 cm³/mol. The van der Waals surface area contributed by atoms with Crippen LogP contribution in [0.2, 0.25) is 0 Å². The van der Waals surface area contributed by atoms with E-state index in [-0.39, 0.29) is 11.8 Å². The van der Waals surface area contributed by atoms with Gasteiger partial charge < -0.3 is 11.1 Å². The summed E-state index contributed by atoms with van der Waals surface area (Å²) in [5.74, 6) is 0.647. The van der Waals surface area contributed by atoms with Crippen molar-refractivity contribution in [2.75, 3.05) is 6.54 Å². The molecule has 1 aliphatic heterocycles. The van der Waals surface area contributed by atoms with E-state index in [1.807, 2.05) is 6.92 Å². The number of primary amides is 1. The Labute approximate surface area is 91.6 Å². The van der Waals surface area contributed by atoms with Crippen molar-refractivity contribution in [2.45, 2.75) is 46.0 Å². The Morgan fingerprint density at radius 1 is 1.47 bits per heavy atom. The SMILES string of the molecule is CCCC(N)=O.CCC[C@H]1CNC(=O)C1. The van der Waals surface area contributed by atoms with Gasteiger partial charge in [0.2, 0.25) is 11.8 Å². The van der Waals surface area contributed by atoms with Gasteiger partial charge in [-0.2, -0.15) is 0 Å². The second kappa shape index (κ2) is 8.26. The van der Waals surface area contributed by atoms with E-state index in [9.17, 15) is 9.59 Å². The highest BCUT2D eigenvalue weighted by molar-refractivity contribution is 5.78. The van der Waals surface area contributed by atoms with Gasteiger partial charge in [-0.3, -0.25) is 9.59 Å². The van der Waals surface area contributed by atoms with Crippen LogP contribution in [-0.2, 0) is 9.59 Å². The Bertz CT molecular complexity index is 205. The fourth-order valence-electron chi connectivity index (χ4n) is 1.52. The number of hydrogen-bond donors (Lipinski definition) is 2. The minimum absolute atomic E-state index is 0.211. The maximum Gasteiger partial charge on any atom is 0.220 e. The lowest BCUT2D eigenvalue weighted by Crippen LogP contribution is -2.13. The number of nitrogens with one attached hydrogen (secondary N) is 1. The molecule has 0 radical (unpaired) electrons. The van der Waals surface area contributed by atoms with Crippen molar-refractivity contribution in [3.8, 4) is 0 Å². The molecule has 15 heavy (non-hydrogen) atoms. The lowest BCUT2D eigenvalue weighted by atomic mass is 10.0. The zero-order valence-corrected chi connectivity index (χ0v) is 9.71. The molecule has 4 heteroatoms. The molecule has 0 aliphatic carbocycles. The van der Waals surface area contributed by atoms with Crippen LogP contribution in [-0.4, -0.2) is 18.4 Å². The molecule has 0 spiro atoms. The van der Waals surface area contributed by atoms with Crippen molar-refractivity contribution in [2.24, 2.45) is 11.7 Å². The summed E-state index contributed by atoms with van der Waals surface area (Å²) in [7, 11) is 0. The molecule has 0 aromatic carbocycles. The van der Waals surface area contributed by atoms with Gasteiger partial charge in [0.15, 0.2) is 0 Å². The van der Waals surface area contributed by atoms with Gasteiger partial charge in [-0.1, -0.05) is 20.3 Å². The lowest BCUT2D eigenvalue weighted by molar-refractivity contribution is -0.119. The quantitative estimate of drug-likeness (QED) is 0.738. The van der Waals surface area contributed by atoms with E-state index in [0.717, 1.165) is 19.4 Å². The number of amides is 2. The average Bonchev–Trinajstić information content (AvgIpc) is 2.53. The van der Waals surface area contributed by atoms with Crippen LogP contribution in [0.1, 0.15) is 46.0 Å². The normalized spacial score (nSPS) is 19.1. The van der Waals surface area contributed by atoms with Crippen molar-refractivity contribution in [1.29, 1.82) is 0 Å². The molecule has 1 aliphatic rings. The first-order valence-corrected chi connectivity index (χ1v) is 5.65. The minimum atomic E-state index is -0.211. The zero-order chi connectivity index (χ0) is 11.7. The van der Waals surface area contributed by atoms with Crippen LogP contribution in [0.4, 0.5) is 0 Å². The molecule has 0 bridgehead atoms. The van der Waals surface area contributed by atoms with Crippen LogP contribution >= 0.6 is 0 Å². The Hall–Kier alpha value is -1.06. The topological polar surface area (TPSA) is 72.2 Å². The van der Waals surface area contributed by atoms with E-state index in [1.54, 1.807) is 0 Å². The van der Waals surface area contributed by atoms with Crippen LogP contribution in [0.15, 0.2) is 0 Å². The Kier molecular flexibility index (Phi) is 7.68. The number of carbonyl (C=O) groups is 2. The number of hydrogen-bond acceptors (Lipinski definition) is 2. The number of nitrogens with two attached hydrogens (primary N) is 1. The maximum absolute atomic E-state index is 10.6. The third-order valence-electron chi connectivity index (χ3n) is 2.26. The molecule has 1 rings (SSSR count). The van der Waals surface area contributed by atoms with Crippen molar-refractivity contribution < 1.29 is 9.59 Å². The molecule has 4 nitrogen and oxygen atoms in total. The van der Waals surface area contributed by atoms with Gasteiger partial charge in [0.1, 0.15) is 0 Å². The van der Waals surface area contributed by atoms with Crippen molar-refractivity contribution in [1.82, 2.24) is 5.32 Å². The highest BCUT2D eigenvalue weighted by Crippen LogP contribution is 2.14. The molecule has 0 aromatic heterocycles. The summed E-state index contributed by atoms with van der Waals surface area (Å²) in [6, 6.07) is 0. The zero-order valence-electron chi connectivity index (χ0n) is 9.71. The Morgan fingerprint density at radius 2 is 2.13 bits per heavy atom. The first-order chi connectivity index (χ1) is 7.10. The molecule has 1 atom stereocenters. The second-order valence-electron chi connectivity index (χ2n) is 3.88. The van der Waals surface area contributed by atoms with Gasteiger partial charge in [0.05, 0.1) is 0 Å². The third-order valence-corrected chi connectivity index (χ3v) is 2.26. The van der Waals surface area contributed by atoms with E-state index >= 15 is 0 Å². The van der Waals surface area contributed by atoms with Gasteiger partial charge >= 0.3 is 0 Å². The second-order valence-corrected chi connectivity index (χ2v) is 3.88. The largest absolute Gasteiger partial charge is 0.370 e. The van der Waals surface area contributed by atoms with Crippen LogP contribution in [0.25, 0.3) is 0 Å². The highest BCUT2D eigenvalue weighted by Gasteiger charge is 2.19. The van der Waals surface area contributed by atoms with Crippen LogP contribution < -0.4 is 11.1 Å². The van der Waals surface area contributed by atoms with Crippen LogP contribution in [0.5, 0.6) is 0 Å². The molecule has 1 heterocycles.